The van der Waals surface area contributed by atoms with Crippen molar-refractivity contribution in [1.29, 1.82) is 0 Å². The highest BCUT2D eigenvalue weighted by molar-refractivity contribution is 5.92. The first kappa shape index (κ1) is 21.8. The summed E-state index contributed by atoms with van der Waals surface area (Å²) in [6, 6.07) is 18.9. The molecular formula is C24H33N5O. The summed E-state index contributed by atoms with van der Waals surface area (Å²) in [6.07, 6.45) is 2.18. The number of aliphatic imine (C=N–C) groups is 1. The van der Waals surface area contributed by atoms with E-state index in [0.29, 0.717) is 24.2 Å². The van der Waals surface area contributed by atoms with E-state index < -0.39 is 5.91 Å². The van der Waals surface area contributed by atoms with Gasteiger partial charge < -0.3 is 16.4 Å². The summed E-state index contributed by atoms with van der Waals surface area (Å²) in [5, 5.41) is 6.96. The number of benzene rings is 2. The second-order valence-corrected chi connectivity index (χ2v) is 7.93. The van der Waals surface area contributed by atoms with Crippen molar-refractivity contribution in [2.45, 2.75) is 51.9 Å². The summed E-state index contributed by atoms with van der Waals surface area (Å²) in [5.41, 5.74) is 8.23. The molecule has 30 heavy (non-hydrogen) atoms. The summed E-state index contributed by atoms with van der Waals surface area (Å²) in [6.45, 7) is 7.82. The molecule has 6 heteroatoms. The van der Waals surface area contributed by atoms with Crippen LogP contribution in [0.15, 0.2) is 59.6 Å². The first-order valence-corrected chi connectivity index (χ1v) is 10.8. The van der Waals surface area contributed by atoms with Gasteiger partial charge in [0, 0.05) is 37.3 Å². The van der Waals surface area contributed by atoms with Crippen molar-refractivity contribution < 1.29 is 4.79 Å². The van der Waals surface area contributed by atoms with Crippen molar-refractivity contribution in [2.24, 2.45) is 10.7 Å². The van der Waals surface area contributed by atoms with Crippen LogP contribution in [0.25, 0.3) is 0 Å². The standard InChI is InChI=1S/C24H33N5O/c1-3-26-24(27-16-19-9-11-21(12-10-19)23(25)30)28-22-13-14-29(18(2)15-22)17-20-7-5-4-6-8-20/h4-12,18,22H,3,13-17H2,1-2H3,(H2,25,30)(H2,26,27,28). The Morgan fingerprint density at radius 1 is 1.13 bits per heavy atom. The number of nitrogens with one attached hydrogen (secondary N) is 2. The van der Waals surface area contributed by atoms with Crippen LogP contribution in [-0.4, -0.2) is 41.9 Å². The quantitative estimate of drug-likeness (QED) is 0.487. The number of primary amides is 1. The Hall–Kier alpha value is -2.86. The van der Waals surface area contributed by atoms with E-state index in [1.54, 1.807) is 12.1 Å². The molecule has 1 heterocycles. The average molecular weight is 408 g/mol. The van der Waals surface area contributed by atoms with Gasteiger partial charge in [0.2, 0.25) is 5.91 Å². The van der Waals surface area contributed by atoms with Crippen molar-refractivity contribution >= 4 is 11.9 Å². The van der Waals surface area contributed by atoms with E-state index in [2.05, 4.69) is 59.7 Å². The van der Waals surface area contributed by atoms with E-state index in [0.717, 1.165) is 44.0 Å². The van der Waals surface area contributed by atoms with E-state index in [4.69, 9.17) is 10.7 Å². The Bertz CT molecular complexity index is 834. The maximum Gasteiger partial charge on any atom is 0.248 e. The summed E-state index contributed by atoms with van der Waals surface area (Å²) < 4.78 is 0. The lowest BCUT2D eigenvalue weighted by Crippen LogP contribution is -2.51. The third kappa shape index (κ3) is 6.32. The Kier molecular flexibility index (Phi) is 7.85. The highest BCUT2D eigenvalue weighted by Gasteiger charge is 2.25. The molecule has 1 aliphatic rings. The first-order valence-electron chi connectivity index (χ1n) is 10.8. The maximum atomic E-state index is 11.2. The van der Waals surface area contributed by atoms with Crippen LogP contribution in [0.2, 0.25) is 0 Å². The summed E-state index contributed by atoms with van der Waals surface area (Å²) in [7, 11) is 0. The number of likely N-dealkylation sites (tertiary alicyclic amines) is 1. The van der Waals surface area contributed by atoms with Crippen LogP contribution in [0.1, 0.15) is 48.2 Å². The van der Waals surface area contributed by atoms with Crippen LogP contribution < -0.4 is 16.4 Å². The molecule has 6 nitrogen and oxygen atoms in total. The summed E-state index contributed by atoms with van der Waals surface area (Å²) in [4.78, 5) is 18.5. The van der Waals surface area contributed by atoms with Crippen molar-refractivity contribution in [3.05, 3.63) is 71.3 Å². The molecule has 0 aromatic heterocycles. The van der Waals surface area contributed by atoms with Crippen LogP contribution in [-0.2, 0) is 13.1 Å². The van der Waals surface area contributed by atoms with Crippen molar-refractivity contribution in [2.75, 3.05) is 13.1 Å². The Morgan fingerprint density at radius 3 is 2.50 bits per heavy atom. The minimum absolute atomic E-state index is 0.405. The number of nitrogens with zero attached hydrogens (tertiary/aromatic N) is 2. The van der Waals surface area contributed by atoms with E-state index in [9.17, 15) is 4.79 Å². The van der Waals surface area contributed by atoms with Crippen LogP contribution in [0.4, 0.5) is 0 Å². The lowest BCUT2D eigenvalue weighted by Gasteiger charge is -2.38. The van der Waals surface area contributed by atoms with Crippen LogP contribution in [0.5, 0.6) is 0 Å². The van der Waals surface area contributed by atoms with Gasteiger partial charge in [-0.05, 0) is 49.9 Å². The molecule has 1 saturated heterocycles. The third-order valence-corrected chi connectivity index (χ3v) is 5.59. The zero-order valence-electron chi connectivity index (χ0n) is 18.0. The van der Waals surface area contributed by atoms with Gasteiger partial charge in [0.05, 0.1) is 6.54 Å². The predicted octanol–water partition coefficient (Wildman–Crippen LogP) is 2.89. The molecule has 2 unspecified atom stereocenters. The van der Waals surface area contributed by atoms with Gasteiger partial charge in [-0.25, -0.2) is 4.99 Å². The molecule has 0 radical (unpaired) electrons. The molecule has 0 aliphatic carbocycles. The Morgan fingerprint density at radius 2 is 1.87 bits per heavy atom. The number of hydrogen-bond acceptors (Lipinski definition) is 3. The van der Waals surface area contributed by atoms with Gasteiger partial charge in [0.15, 0.2) is 5.96 Å². The zero-order valence-corrected chi connectivity index (χ0v) is 18.0. The molecule has 2 aromatic rings. The van der Waals surface area contributed by atoms with Gasteiger partial charge >= 0.3 is 0 Å². The number of guanidine groups is 1. The number of carbonyl (C=O) groups excluding carboxylic acids is 1. The average Bonchev–Trinajstić information content (AvgIpc) is 2.75. The number of rotatable bonds is 7. The molecular weight excluding hydrogens is 374 g/mol. The zero-order chi connectivity index (χ0) is 21.3. The lowest BCUT2D eigenvalue weighted by atomic mass is 9.97. The van der Waals surface area contributed by atoms with Crippen molar-refractivity contribution in [3.8, 4) is 0 Å². The number of amides is 1. The minimum atomic E-state index is -0.409. The smallest absolute Gasteiger partial charge is 0.248 e. The van der Waals surface area contributed by atoms with Crippen LogP contribution >= 0.6 is 0 Å². The SMILES string of the molecule is CCNC(=NCc1ccc(C(N)=O)cc1)NC1CCN(Cc2ccccc2)C(C)C1. The number of hydrogen-bond donors (Lipinski definition) is 3. The lowest BCUT2D eigenvalue weighted by molar-refractivity contribution is 0.100. The van der Waals surface area contributed by atoms with Gasteiger partial charge in [-0.3, -0.25) is 9.69 Å². The summed E-state index contributed by atoms with van der Waals surface area (Å²) >= 11 is 0. The molecule has 1 fully saturated rings. The van der Waals surface area contributed by atoms with Gasteiger partial charge in [-0.1, -0.05) is 42.5 Å². The molecule has 3 rings (SSSR count). The molecule has 0 spiro atoms. The molecule has 1 amide bonds. The summed E-state index contributed by atoms with van der Waals surface area (Å²) in [5.74, 6) is 0.429. The largest absolute Gasteiger partial charge is 0.366 e. The molecule has 1 aliphatic heterocycles. The third-order valence-electron chi connectivity index (χ3n) is 5.59. The fourth-order valence-electron chi connectivity index (χ4n) is 3.86. The highest BCUT2D eigenvalue weighted by Crippen LogP contribution is 2.20. The topological polar surface area (TPSA) is 82.7 Å². The number of nitrogens with two attached hydrogens (primary N) is 1. The molecule has 0 saturated carbocycles. The molecule has 0 bridgehead atoms. The fraction of sp³-hybridized carbons (Fsp3) is 0.417. The molecule has 4 N–H and O–H groups in total. The van der Waals surface area contributed by atoms with E-state index in [1.165, 1.54) is 5.56 Å². The molecule has 2 aromatic carbocycles. The minimum Gasteiger partial charge on any atom is -0.366 e. The van der Waals surface area contributed by atoms with Crippen LogP contribution in [0.3, 0.4) is 0 Å². The molecule has 2 atom stereocenters. The Labute approximate surface area is 179 Å². The fourth-order valence-corrected chi connectivity index (χ4v) is 3.86. The Balaban J connectivity index is 1.54. The second-order valence-electron chi connectivity index (χ2n) is 7.93. The van der Waals surface area contributed by atoms with Crippen LogP contribution in [0, 0.1) is 0 Å². The maximum absolute atomic E-state index is 11.2. The van der Waals surface area contributed by atoms with E-state index in [1.807, 2.05) is 12.1 Å². The number of carbonyl (C=O) groups is 1. The molecule has 160 valence electrons. The first-order chi connectivity index (χ1) is 14.5. The van der Waals surface area contributed by atoms with Gasteiger partial charge in [-0.15, -0.1) is 0 Å². The van der Waals surface area contributed by atoms with Gasteiger partial charge in [-0.2, -0.15) is 0 Å². The normalized spacial score (nSPS) is 20.0. The highest BCUT2D eigenvalue weighted by atomic mass is 16.1. The van der Waals surface area contributed by atoms with Crippen molar-refractivity contribution in [3.63, 3.8) is 0 Å². The van der Waals surface area contributed by atoms with Crippen molar-refractivity contribution in [1.82, 2.24) is 15.5 Å². The second kappa shape index (κ2) is 10.8. The monoisotopic (exact) mass is 407 g/mol. The van der Waals surface area contributed by atoms with Gasteiger partial charge in [0.25, 0.3) is 0 Å². The van der Waals surface area contributed by atoms with E-state index in [-0.39, 0.29) is 0 Å². The van der Waals surface area contributed by atoms with Gasteiger partial charge in [0.1, 0.15) is 0 Å². The predicted molar refractivity (Wildman–Crippen MR) is 122 cm³/mol. The number of piperidine rings is 1. The van der Waals surface area contributed by atoms with E-state index >= 15 is 0 Å².